The summed E-state index contributed by atoms with van der Waals surface area (Å²) in [6.45, 7) is -1.38. The molecule has 2 heterocycles. The standard InChI is InChI=1S/C18H16F3N5O3/c1-29-17(28)13-14(23)11-6-7-12(24-8-18(19,20)21)25-15(11)26(16(13)27)10-4-2-9(22)3-5-10/h2-7H,8,22-23H2,1H3,(H,24,25)/i1D3. The molecule has 0 atom stereocenters. The van der Waals surface area contributed by atoms with Crippen molar-refractivity contribution in [2.75, 3.05) is 30.4 Å². The summed E-state index contributed by atoms with van der Waals surface area (Å²) in [4.78, 5) is 29.6. The fourth-order valence-electron chi connectivity index (χ4n) is 2.69. The second-order valence-electron chi connectivity index (χ2n) is 5.95. The van der Waals surface area contributed by atoms with Crippen molar-refractivity contribution in [3.8, 4) is 5.69 Å². The number of pyridine rings is 2. The summed E-state index contributed by atoms with van der Waals surface area (Å²) < 4.78 is 64.2. The number of nitrogens with zero attached hydrogens (tertiary/aromatic N) is 2. The van der Waals surface area contributed by atoms with Crippen LogP contribution in [0.4, 0.5) is 30.4 Å². The van der Waals surface area contributed by atoms with Crippen molar-refractivity contribution in [3.05, 3.63) is 52.3 Å². The summed E-state index contributed by atoms with van der Waals surface area (Å²) in [6.07, 6.45) is -4.52. The van der Waals surface area contributed by atoms with E-state index < -0.39 is 42.5 Å². The Balaban J connectivity index is 2.29. The van der Waals surface area contributed by atoms with Crippen molar-refractivity contribution in [3.63, 3.8) is 0 Å². The van der Waals surface area contributed by atoms with Gasteiger partial charge in [0.15, 0.2) is 5.65 Å². The maximum atomic E-state index is 13.2. The fraction of sp³-hybridized carbons (Fsp3) is 0.167. The molecule has 0 radical (unpaired) electrons. The minimum atomic E-state index is -4.52. The van der Waals surface area contributed by atoms with Crippen LogP contribution in [0.1, 0.15) is 14.5 Å². The molecule has 8 nitrogen and oxygen atoms in total. The molecule has 0 saturated carbocycles. The van der Waals surface area contributed by atoms with Crippen LogP contribution in [-0.4, -0.2) is 35.3 Å². The first-order valence-electron chi connectivity index (χ1n) is 9.52. The third-order valence-electron chi connectivity index (χ3n) is 3.98. The Morgan fingerprint density at radius 2 is 1.93 bits per heavy atom. The normalized spacial score (nSPS) is 13.4. The van der Waals surface area contributed by atoms with E-state index in [1.54, 1.807) is 0 Å². The Bertz CT molecular complexity index is 1240. The number of nitrogens with one attached hydrogen (secondary N) is 1. The predicted molar refractivity (Wildman–Crippen MR) is 102 cm³/mol. The second-order valence-corrected chi connectivity index (χ2v) is 5.95. The van der Waals surface area contributed by atoms with Crippen LogP contribution >= 0.6 is 0 Å². The molecule has 152 valence electrons. The highest BCUT2D eigenvalue weighted by molar-refractivity contribution is 6.04. The Labute approximate surface area is 166 Å². The van der Waals surface area contributed by atoms with E-state index in [4.69, 9.17) is 15.6 Å². The van der Waals surface area contributed by atoms with Crippen LogP contribution in [0.2, 0.25) is 0 Å². The SMILES string of the molecule is [2H]C([2H])([2H])OC(=O)c1c(N)c2ccc(NCC(F)(F)F)nc2n(-c2ccc(N)cc2)c1=O. The molecule has 0 spiro atoms. The first kappa shape index (κ1) is 16.2. The maximum Gasteiger partial charge on any atom is 0.405 e. The average molecular weight is 410 g/mol. The minimum absolute atomic E-state index is 0.0106. The van der Waals surface area contributed by atoms with E-state index in [0.29, 0.717) is 5.69 Å². The number of nitrogen functional groups attached to an aromatic ring is 2. The van der Waals surface area contributed by atoms with Gasteiger partial charge in [-0.2, -0.15) is 13.2 Å². The van der Waals surface area contributed by atoms with E-state index >= 15 is 0 Å². The van der Waals surface area contributed by atoms with E-state index in [2.05, 4.69) is 15.0 Å². The third-order valence-corrected chi connectivity index (χ3v) is 3.98. The summed E-state index contributed by atoms with van der Waals surface area (Å²) in [5, 5.41) is 2.10. The van der Waals surface area contributed by atoms with Gasteiger partial charge in [-0.1, -0.05) is 0 Å². The van der Waals surface area contributed by atoms with Crippen molar-refractivity contribution >= 4 is 34.2 Å². The molecule has 0 saturated heterocycles. The average Bonchev–Trinajstić information content (AvgIpc) is 2.66. The number of ether oxygens (including phenoxy) is 1. The van der Waals surface area contributed by atoms with Gasteiger partial charge in [0, 0.05) is 11.1 Å². The molecular formula is C18H16F3N5O3. The minimum Gasteiger partial charge on any atom is -0.465 e. The zero-order chi connectivity index (χ0) is 23.8. The number of rotatable bonds is 4. The number of hydrogen-bond donors (Lipinski definition) is 3. The van der Waals surface area contributed by atoms with Gasteiger partial charge >= 0.3 is 12.1 Å². The number of benzene rings is 1. The zero-order valence-corrected chi connectivity index (χ0v) is 14.6. The van der Waals surface area contributed by atoms with Gasteiger partial charge in [-0.25, -0.2) is 9.78 Å². The van der Waals surface area contributed by atoms with Gasteiger partial charge in [-0.3, -0.25) is 9.36 Å². The first-order valence-corrected chi connectivity index (χ1v) is 8.02. The summed E-state index contributed by atoms with van der Waals surface area (Å²) in [6, 6.07) is 8.11. The Kier molecular flexibility index (Phi) is 4.10. The van der Waals surface area contributed by atoms with Gasteiger partial charge in [0.2, 0.25) is 0 Å². The molecule has 0 unspecified atom stereocenters. The molecule has 29 heavy (non-hydrogen) atoms. The molecule has 0 aliphatic heterocycles. The molecule has 3 rings (SSSR count). The molecule has 0 fully saturated rings. The first-order chi connectivity index (χ1) is 14.8. The molecule has 0 aliphatic rings. The van der Waals surface area contributed by atoms with Gasteiger partial charge in [-0.15, -0.1) is 0 Å². The largest absolute Gasteiger partial charge is 0.465 e. The van der Waals surface area contributed by atoms with Gasteiger partial charge in [-0.05, 0) is 36.4 Å². The lowest BCUT2D eigenvalue weighted by Crippen LogP contribution is -2.29. The molecule has 11 heteroatoms. The number of carbonyl (C=O) groups is 1. The lowest BCUT2D eigenvalue weighted by molar-refractivity contribution is -0.115. The number of esters is 1. The van der Waals surface area contributed by atoms with Gasteiger partial charge in [0.1, 0.15) is 17.9 Å². The van der Waals surface area contributed by atoms with Gasteiger partial charge in [0.05, 0.1) is 22.5 Å². The number of nitrogens with two attached hydrogens (primary N) is 2. The van der Waals surface area contributed by atoms with Crippen molar-refractivity contribution < 1.29 is 26.8 Å². The fourth-order valence-corrected chi connectivity index (χ4v) is 2.69. The smallest absolute Gasteiger partial charge is 0.405 e. The second kappa shape index (κ2) is 7.34. The van der Waals surface area contributed by atoms with Crippen molar-refractivity contribution in [1.82, 2.24) is 9.55 Å². The van der Waals surface area contributed by atoms with E-state index in [0.717, 1.165) is 4.57 Å². The van der Waals surface area contributed by atoms with Crippen LogP contribution < -0.4 is 22.3 Å². The molecule has 0 aliphatic carbocycles. The number of anilines is 3. The molecule has 2 aromatic heterocycles. The van der Waals surface area contributed by atoms with E-state index in [1.807, 2.05) is 0 Å². The summed E-state index contributed by atoms with van der Waals surface area (Å²) in [5.41, 5.74) is 9.67. The highest BCUT2D eigenvalue weighted by Gasteiger charge is 2.27. The number of hydrogen-bond acceptors (Lipinski definition) is 7. The number of halogens is 3. The third kappa shape index (κ3) is 3.93. The lowest BCUT2D eigenvalue weighted by atomic mass is 10.1. The van der Waals surface area contributed by atoms with E-state index in [1.165, 1.54) is 36.4 Å². The molecule has 0 amide bonds. The van der Waals surface area contributed by atoms with Crippen LogP contribution in [0, 0.1) is 0 Å². The Morgan fingerprint density at radius 3 is 2.55 bits per heavy atom. The highest BCUT2D eigenvalue weighted by Crippen LogP contribution is 2.26. The van der Waals surface area contributed by atoms with Crippen molar-refractivity contribution in [2.24, 2.45) is 0 Å². The highest BCUT2D eigenvalue weighted by atomic mass is 19.4. The number of fused-ring (bicyclic) bond motifs is 1. The van der Waals surface area contributed by atoms with Crippen molar-refractivity contribution in [2.45, 2.75) is 6.18 Å². The molecule has 0 bridgehead atoms. The van der Waals surface area contributed by atoms with E-state index in [-0.39, 0.29) is 22.5 Å². The summed E-state index contributed by atoms with van der Waals surface area (Å²) in [5.74, 6) is -1.70. The number of methoxy groups -OCH3 is 1. The number of aromatic nitrogens is 2. The zero-order valence-electron chi connectivity index (χ0n) is 17.6. The molecule has 3 aromatic rings. The van der Waals surface area contributed by atoms with Crippen LogP contribution in [0.25, 0.3) is 16.7 Å². The van der Waals surface area contributed by atoms with Gasteiger partial charge < -0.3 is 21.5 Å². The maximum absolute atomic E-state index is 13.2. The van der Waals surface area contributed by atoms with Crippen LogP contribution in [0.5, 0.6) is 0 Å². The number of carbonyl (C=O) groups excluding carboxylic acids is 1. The van der Waals surface area contributed by atoms with Crippen LogP contribution in [0.3, 0.4) is 0 Å². The topological polar surface area (TPSA) is 125 Å². The van der Waals surface area contributed by atoms with E-state index in [9.17, 15) is 22.8 Å². The molecular weight excluding hydrogens is 391 g/mol. The van der Waals surface area contributed by atoms with Crippen molar-refractivity contribution in [1.29, 1.82) is 0 Å². The molecule has 5 N–H and O–H groups in total. The lowest BCUT2D eigenvalue weighted by Gasteiger charge is -2.16. The van der Waals surface area contributed by atoms with Gasteiger partial charge in [0.25, 0.3) is 5.56 Å². The number of alkyl halides is 3. The Morgan fingerprint density at radius 1 is 1.24 bits per heavy atom. The Hall–Kier alpha value is -3.76. The van der Waals surface area contributed by atoms with Crippen LogP contribution in [0.15, 0.2) is 41.2 Å². The summed E-state index contributed by atoms with van der Waals surface area (Å²) in [7, 11) is -3.14. The van der Waals surface area contributed by atoms with Crippen LogP contribution in [-0.2, 0) is 4.74 Å². The molecule has 1 aromatic carbocycles. The predicted octanol–water partition coefficient (Wildman–Crippen LogP) is 2.31. The monoisotopic (exact) mass is 410 g/mol. The summed E-state index contributed by atoms with van der Waals surface area (Å²) >= 11 is 0. The quantitative estimate of drug-likeness (QED) is 0.445.